The third-order valence-corrected chi connectivity index (χ3v) is 6.42. The number of sulfonamides is 1. The maximum atomic E-state index is 12.9. The van der Waals surface area contributed by atoms with Crippen molar-refractivity contribution in [3.63, 3.8) is 0 Å². The van der Waals surface area contributed by atoms with Crippen molar-refractivity contribution in [3.05, 3.63) is 24.5 Å². The smallest absolute Gasteiger partial charge is 0.409 e. The summed E-state index contributed by atoms with van der Waals surface area (Å²) in [6, 6.07) is 2.79. The van der Waals surface area contributed by atoms with Gasteiger partial charge in [-0.05, 0) is 25.0 Å². The lowest BCUT2D eigenvalue weighted by Crippen LogP contribution is -2.48. The second-order valence-electron chi connectivity index (χ2n) is 6.13. The molecule has 0 saturated carbocycles. The Morgan fingerprint density at radius 1 is 1.28 bits per heavy atom. The molecule has 2 saturated heterocycles. The molecular formula is C16H23N3O5S. The van der Waals surface area contributed by atoms with E-state index in [1.165, 1.54) is 22.8 Å². The summed E-state index contributed by atoms with van der Waals surface area (Å²) in [6.07, 6.45) is 4.87. The minimum Gasteiger partial charge on any atom is -0.448 e. The molecule has 8 nitrogen and oxygen atoms in total. The summed E-state index contributed by atoms with van der Waals surface area (Å²) in [7, 11) is -3.64. The maximum absolute atomic E-state index is 12.9. The van der Waals surface area contributed by atoms with Crippen LogP contribution in [0, 0.1) is 0 Å². The molecule has 1 atom stereocenters. The first-order chi connectivity index (χ1) is 12.1. The molecule has 138 valence electrons. The van der Waals surface area contributed by atoms with Crippen LogP contribution in [0.3, 0.4) is 0 Å². The molecule has 3 heterocycles. The van der Waals surface area contributed by atoms with E-state index in [-0.39, 0.29) is 17.5 Å². The Balaban J connectivity index is 1.66. The number of carbonyl (C=O) groups is 1. The van der Waals surface area contributed by atoms with Crippen LogP contribution in [0.25, 0.3) is 0 Å². The maximum Gasteiger partial charge on any atom is 0.409 e. The van der Waals surface area contributed by atoms with Crippen LogP contribution >= 0.6 is 0 Å². The van der Waals surface area contributed by atoms with Gasteiger partial charge < -0.3 is 14.4 Å². The van der Waals surface area contributed by atoms with Gasteiger partial charge in [-0.25, -0.2) is 13.2 Å². The zero-order valence-electron chi connectivity index (χ0n) is 14.0. The van der Waals surface area contributed by atoms with Crippen LogP contribution in [0.2, 0.25) is 0 Å². The van der Waals surface area contributed by atoms with E-state index in [0.29, 0.717) is 39.3 Å². The summed E-state index contributed by atoms with van der Waals surface area (Å²) in [4.78, 5) is 17.8. The van der Waals surface area contributed by atoms with Gasteiger partial charge in [0.1, 0.15) is 11.5 Å². The van der Waals surface area contributed by atoms with Gasteiger partial charge in [-0.1, -0.05) is 6.42 Å². The van der Waals surface area contributed by atoms with E-state index in [0.717, 1.165) is 12.8 Å². The number of morpholine rings is 1. The Morgan fingerprint density at radius 2 is 2.08 bits per heavy atom. The van der Waals surface area contributed by atoms with Gasteiger partial charge in [0.2, 0.25) is 10.0 Å². The van der Waals surface area contributed by atoms with E-state index in [1.54, 1.807) is 11.0 Å². The summed E-state index contributed by atoms with van der Waals surface area (Å²) < 4.78 is 37.8. The number of amides is 1. The Hall–Kier alpha value is -1.71. The third-order valence-electron chi connectivity index (χ3n) is 4.48. The van der Waals surface area contributed by atoms with Gasteiger partial charge in [0.25, 0.3) is 0 Å². The molecule has 1 aromatic rings. The molecule has 0 unspecified atom stereocenters. The molecule has 2 fully saturated rings. The molecule has 0 N–H and O–H groups in total. The molecule has 25 heavy (non-hydrogen) atoms. The molecule has 9 heteroatoms. The van der Waals surface area contributed by atoms with Gasteiger partial charge in [-0.3, -0.25) is 4.98 Å². The normalized spacial score (nSPS) is 22.6. The largest absolute Gasteiger partial charge is 0.448 e. The number of aromatic nitrogens is 1. The summed E-state index contributed by atoms with van der Waals surface area (Å²) in [6.45, 7) is 2.50. The van der Waals surface area contributed by atoms with Crippen molar-refractivity contribution in [2.45, 2.75) is 30.2 Å². The van der Waals surface area contributed by atoms with Crippen LogP contribution in [0.1, 0.15) is 19.3 Å². The molecule has 0 aliphatic carbocycles. The van der Waals surface area contributed by atoms with Crippen molar-refractivity contribution in [2.75, 3.05) is 39.5 Å². The number of pyridine rings is 1. The molecule has 0 radical (unpaired) electrons. The van der Waals surface area contributed by atoms with E-state index in [4.69, 9.17) is 9.47 Å². The highest BCUT2D eigenvalue weighted by Crippen LogP contribution is 2.25. The van der Waals surface area contributed by atoms with Crippen molar-refractivity contribution in [1.82, 2.24) is 14.2 Å². The monoisotopic (exact) mass is 369 g/mol. The van der Waals surface area contributed by atoms with Gasteiger partial charge in [0.05, 0.1) is 19.3 Å². The highest BCUT2D eigenvalue weighted by molar-refractivity contribution is 7.89. The zero-order valence-corrected chi connectivity index (χ0v) is 14.9. The van der Waals surface area contributed by atoms with Crippen molar-refractivity contribution < 1.29 is 22.7 Å². The number of nitrogens with zero attached hydrogens (tertiary/aromatic N) is 3. The second-order valence-corrected chi connectivity index (χ2v) is 8.02. The van der Waals surface area contributed by atoms with Gasteiger partial charge >= 0.3 is 6.09 Å². The van der Waals surface area contributed by atoms with E-state index in [2.05, 4.69) is 4.98 Å². The van der Waals surface area contributed by atoms with Crippen molar-refractivity contribution in [2.24, 2.45) is 0 Å². The fourth-order valence-electron chi connectivity index (χ4n) is 3.10. The highest BCUT2D eigenvalue weighted by atomic mass is 32.2. The third kappa shape index (κ3) is 4.28. The fraction of sp³-hybridized carbons (Fsp3) is 0.625. The number of carbonyl (C=O) groups excluding carboxylic acids is 1. The van der Waals surface area contributed by atoms with Crippen LogP contribution < -0.4 is 0 Å². The van der Waals surface area contributed by atoms with Crippen molar-refractivity contribution in [1.29, 1.82) is 0 Å². The molecule has 2 aliphatic heterocycles. The Morgan fingerprint density at radius 3 is 2.80 bits per heavy atom. The lowest BCUT2D eigenvalue weighted by molar-refractivity contribution is 0.0200. The lowest BCUT2D eigenvalue weighted by Gasteiger charge is -2.35. The number of hydrogen-bond acceptors (Lipinski definition) is 6. The molecule has 1 aromatic heterocycles. The Kier molecular flexibility index (Phi) is 5.87. The van der Waals surface area contributed by atoms with Gasteiger partial charge in [0, 0.05) is 32.0 Å². The first kappa shape index (κ1) is 18.1. The van der Waals surface area contributed by atoms with Gasteiger partial charge in [-0.15, -0.1) is 0 Å². The Bertz CT molecular complexity index is 676. The average Bonchev–Trinajstić information content (AvgIpc) is 2.67. The topological polar surface area (TPSA) is 89.0 Å². The van der Waals surface area contributed by atoms with Crippen LogP contribution in [-0.4, -0.2) is 74.2 Å². The summed E-state index contributed by atoms with van der Waals surface area (Å²) in [5.41, 5.74) is 0. The van der Waals surface area contributed by atoms with E-state index in [1.807, 2.05) is 0 Å². The molecule has 0 bridgehead atoms. The van der Waals surface area contributed by atoms with E-state index < -0.39 is 16.1 Å². The second kappa shape index (κ2) is 8.11. The summed E-state index contributed by atoms with van der Waals surface area (Å²) in [5, 5.41) is 0. The van der Waals surface area contributed by atoms with Crippen LogP contribution in [0.5, 0.6) is 0 Å². The number of hydrogen-bond donors (Lipinski definition) is 0. The van der Waals surface area contributed by atoms with Crippen LogP contribution in [0.15, 0.2) is 29.4 Å². The number of ether oxygens (including phenoxy) is 2. The first-order valence-corrected chi connectivity index (χ1v) is 9.94. The lowest BCUT2D eigenvalue weighted by atomic mass is 10.1. The molecule has 1 amide bonds. The molecule has 0 aromatic carbocycles. The molecule has 0 spiro atoms. The summed E-state index contributed by atoms with van der Waals surface area (Å²) >= 11 is 0. The summed E-state index contributed by atoms with van der Waals surface area (Å²) in [5.74, 6) is 0. The van der Waals surface area contributed by atoms with E-state index >= 15 is 0 Å². The highest BCUT2D eigenvalue weighted by Gasteiger charge is 2.34. The van der Waals surface area contributed by atoms with Crippen LogP contribution in [-0.2, 0) is 19.5 Å². The van der Waals surface area contributed by atoms with Gasteiger partial charge in [-0.2, -0.15) is 4.31 Å². The average molecular weight is 369 g/mol. The van der Waals surface area contributed by atoms with Crippen LogP contribution in [0.4, 0.5) is 4.79 Å². The predicted octanol–water partition coefficient (Wildman–Crippen LogP) is 1.09. The zero-order chi connectivity index (χ0) is 17.7. The predicted molar refractivity (Wildman–Crippen MR) is 89.5 cm³/mol. The van der Waals surface area contributed by atoms with E-state index in [9.17, 15) is 13.2 Å². The molecular weight excluding hydrogens is 346 g/mol. The standard InChI is InChI=1S/C16H23N3O5S/c20-16(18-8-10-23-11-9-18)24-13-14-4-1-2-7-19(14)25(21,22)15-5-3-6-17-12-15/h3,5-6,12,14H,1-2,4,7-11,13H2/t14-/m0/s1. The molecule has 2 aliphatic rings. The minimum absolute atomic E-state index is 0.0652. The van der Waals surface area contributed by atoms with Gasteiger partial charge in [0.15, 0.2) is 0 Å². The van der Waals surface area contributed by atoms with Crippen molar-refractivity contribution in [3.8, 4) is 0 Å². The Labute approximate surface area is 147 Å². The fourth-order valence-corrected chi connectivity index (χ4v) is 4.74. The quantitative estimate of drug-likeness (QED) is 0.789. The minimum atomic E-state index is -3.64. The first-order valence-electron chi connectivity index (χ1n) is 8.50. The number of piperidine rings is 1. The van der Waals surface area contributed by atoms with Crippen molar-refractivity contribution >= 4 is 16.1 Å². The SMILES string of the molecule is O=C(OC[C@@H]1CCCCN1S(=O)(=O)c1cccnc1)N1CCOCC1. The number of rotatable bonds is 4. The molecule has 3 rings (SSSR count).